The number of unbranched alkanes of at least 4 members (excludes halogenated alkanes) is 5. The van der Waals surface area contributed by atoms with Crippen LogP contribution in [0.2, 0.25) is 0 Å². The molecule has 0 spiro atoms. The molecule has 0 radical (unpaired) electrons. The minimum Gasteiger partial charge on any atom is -0.450 e. The zero-order valence-electron chi connectivity index (χ0n) is 11.7. The Balaban J connectivity index is 1.90. The lowest BCUT2D eigenvalue weighted by atomic mass is 10.1. The Morgan fingerprint density at radius 3 is 2.78 bits per heavy atom. The number of carbonyl (C=O) groups is 1. The average Bonchev–Trinajstić information content (AvgIpc) is 2.39. The SMILES string of the molecule is CCCCCCCCOC(=O)NC1CCCNC1. The fourth-order valence-corrected chi connectivity index (χ4v) is 2.23. The zero-order valence-corrected chi connectivity index (χ0v) is 11.7. The van der Waals surface area contributed by atoms with Gasteiger partial charge in [0.1, 0.15) is 0 Å². The summed E-state index contributed by atoms with van der Waals surface area (Å²) in [6, 6.07) is 0.246. The van der Waals surface area contributed by atoms with Gasteiger partial charge in [0.25, 0.3) is 0 Å². The van der Waals surface area contributed by atoms with Gasteiger partial charge in [0.15, 0.2) is 0 Å². The van der Waals surface area contributed by atoms with Crippen LogP contribution in [0.5, 0.6) is 0 Å². The molecule has 0 aromatic rings. The summed E-state index contributed by atoms with van der Waals surface area (Å²) in [6.07, 6.45) is 9.23. The van der Waals surface area contributed by atoms with Crippen LogP contribution < -0.4 is 10.6 Å². The van der Waals surface area contributed by atoms with E-state index in [2.05, 4.69) is 17.6 Å². The molecular formula is C14H28N2O2. The van der Waals surface area contributed by atoms with Gasteiger partial charge in [0.05, 0.1) is 6.61 Å². The van der Waals surface area contributed by atoms with Crippen molar-refractivity contribution in [2.45, 2.75) is 64.3 Å². The Morgan fingerprint density at radius 2 is 2.06 bits per heavy atom. The van der Waals surface area contributed by atoms with Gasteiger partial charge >= 0.3 is 6.09 Å². The third kappa shape index (κ3) is 7.54. The standard InChI is InChI=1S/C14H28N2O2/c1-2-3-4-5-6-7-11-18-14(17)16-13-9-8-10-15-12-13/h13,15H,2-12H2,1H3,(H,16,17). The monoisotopic (exact) mass is 256 g/mol. The molecule has 4 heteroatoms. The molecule has 1 atom stereocenters. The van der Waals surface area contributed by atoms with E-state index in [9.17, 15) is 4.79 Å². The molecule has 1 amide bonds. The van der Waals surface area contributed by atoms with Crippen LogP contribution in [0.15, 0.2) is 0 Å². The van der Waals surface area contributed by atoms with E-state index in [4.69, 9.17) is 4.74 Å². The Hall–Kier alpha value is -0.770. The van der Waals surface area contributed by atoms with Gasteiger partial charge < -0.3 is 15.4 Å². The van der Waals surface area contributed by atoms with Crippen molar-refractivity contribution < 1.29 is 9.53 Å². The molecule has 0 aromatic carbocycles. The van der Waals surface area contributed by atoms with Crippen LogP contribution in [0.3, 0.4) is 0 Å². The summed E-state index contributed by atoms with van der Waals surface area (Å²) in [5, 5.41) is 6.17. The predicted octanol–water partition coefficient (Wildman–Crippen LogP) is 2.83. The number of piperidine rings is 1. The lowest BCUT2D eigenvalue weighted by molar-refractivity contribution is 0.138. The molecule has 0 bridgehead atoms. The smallest absolute Gasteiger partial charge is 0.407 e. The first kappa shape index (κ1) is 15.3. The van der Waals surface area contributed by atoms with Gasteiger partial charge in [-0.05, 0) is 25.8 Å². The Morgan fingerprint density at radius 1 is 1.28 bits per heavy atom. The number of hydrogen-bond acceptors (Lipinski definition) is 3. The molecule has 1 aliphatic rings. The van der Waals surface area contributed by atoms with E-state index >= 15 is 0 Å². The Bertz CT molecular complexity index is 216. The first-order valence-corrected chi connectivity index (χ1v) is 7.47. The quantitative estimate of drug-likeness (QED) is 0.657. The van der Waals surface area contributed by atoms with Gasteiger partial charge in [0.2, 0.25) is 0 Å². The fraction of sp³-hybridized carbons (Fsp3) is 0.929. The summed E-state index contributed by atoms with van der Waals surface area (Å²) >= 11 is 0. The third-order valence-corrected chi connectivity index (χ3v) is 3.35. The molecule has 0 saturated carbocycles. The topological polar surface area (TPSA) is 50.4 Å². The molecule has 2 N–H and O–H groups in total. The minimum atomic E-state index is -0.253. The Labute approximate surface area is 111 Å². The number of hydrogen-bond donors (Lipinski definition) is 2. The highest BCUT2D eigenvalue weighted by atomic mass is 16.5. The Kier molecular flexibility index (Phi) is 8.65. The van der Waals surface area contributed by atoms with Crippen molar-refractivity contribution >= 4 is 6.09 Å². The van der Waals surface area contributed by atoms with Crippen molar-refractivity contribution in [1.29, 1.82) is 0 Å². The van der Waals surface area contributed by atoms with E-state index in [1.165, 1.54) is 25.7 Å². The van der Waals surface area contributed by atoms with Gasteiger partial charge in [-0.25, -0.2) is 4.79 Å². The van der Waals surface area contributed by atoms with Crippen LogP contribution in [-0.2, 0) is 4.74 Å². The third-order valence-electron chi connectivity index (χ3n) is 3.35. The van der Waals surface area contributed by atoms with Crippen LogP contribution in [-0.4, -0.2) is 31.8 Å². The van der Waals surface area contributed by atoms with E-state index in [1.54, 1.807) is 0 Å². The molecule has 1 heterocycles. The van der Waals surface area contributed by atoms with E-state index in [-0.39, 0.29) is 12.1 Å². The maximum atomic E-state index is 11.5. The van der Waals surface area contributed by atoms with Crippen molar-refractivity contribution in [1.82, 2.24) is 10.6 Å². The van der Waals surface area contributed by atoms with Crippen LogP contribution >= 0.6 is 0 Å². The molecule has 1 rings (SSSR count). The predicted molar refractivity (Wildman–Crippen MR) is 73.8 cm³/mol. The van der Waals surface area contributed by atoms with Gasteiger partial charge in [-0.3, -0.25) is 0 Å². The maximum absolute atomic E-state index is 11.5. The largest absolute Gasteiger partial charge is 0.450 e. The molecule has 1 fully saturated rings. The summed E-state index contributed by atoms with van der Waals surface area (Å²) < 4.78 is 5.17. The number of amides is 1. The number of nitrogens with one attached hydrogen (secondary N) is 2. The molecule has 0 aromatic heterocycles. The first-order chi connectivity index (χ1) is 8.83. The normalized spacial score (nSPS) is 19.5. The van der Waals surface area contributed by atoms with Crippen molar-refractivity contribution in [2.24, 2.45) is 0 Å². The lowest BCUT2D eigenvalue weighted by Crippen LogP contribution is -2.45. The number of ether oxygens (including phenoxy) is 1. The molecule has 106 valence electrons. The highest BCUT2D eigenvalue weighted by Gasteiger charge is 2.15. The van der Waals surface area contributed by atoms with E-state index in [1.807, 2.05) is 0 Å². The number of carbonyl (C=O) groups excluding carboxylic acids is 1. The van der Waals surface area contributed by atoms with Crippen molar-refractivity contribution in [3.8, 4) is 0 Å². The van der Waals surface area contributed by atoms with E-state index in [0.29, 0.717) is 6.61 Å². The maximum Gasteiger partial charge on any atom is 0.407 e. The highest BCUT2D eigenvalue weighted by Crippen LogP contribution is 2.05. The van der Waals surface area contributed by atoms with Gasteiger partial charge in [-0.15, -0.1) is 0 Å². The fourth-order valence-electron chi connectivity index (χ4n) is 2.23. The average molecular weight is 256 g/mol. The van der Waals surface area contributed by atoms with Crippen molar-refractivity contribution in [3.63, 3.8) is 0 Å². The van der Waals surface area contributed by atoms with Gasteiger partial charge in [-0.2, -0.15) is 0 Å². The molecule has 1 unspecified atom stereocenters. The van der Waals surface area contributed by atoms with Gasteiger partial charge in [0, 0.05) is 12.6 Å². The molecular weight excluding hydrogens is 228 g/mol. The van der Waals surface area contributed by atoms with Crippen LogP contribution in [0.1, 0.15) is 58.3 Å². The highest BCUT2D eigenvalue weighted by molar-refractivity contribution is 5.67. The lowest BCUT2D eigenvalue weighted by Gasteiger charge is -2.23. The molecule has 1 saturated heterocycles. The molecule has 0 aliphatic carbocycles. The van der Waals surface area contributed by atoms with Crippen LogP contribution in [0.25, 0.3) is 0 Å². The van der Waals surface area contributed by atoms with Crippen molar-refractivity contribution in [2.75, 3.05) is 19.7 Å². The summed E-state index contributed by atoms with van der Waals surface area (Å²) in [5.74, 6) is 0. The van der Waals surface area contributed by atoms with Gasteiger partial charge in [-0.1, -0.05) is 39.0 Å². The van der Waals surface area contributed by atoms with E-state index in [0.717, 1.165) is 38.8 Å². The summed E-state index contributed by atoms with van der Waals surface area (Å²) in [6.45, 7) is 4.70. The zero-order chi connectivity index (χ0) is 13.1. The summed E-state index contributed by atoms with van der Waals surface area (Å²) in [4.78, 5) is 11.5. The minimum absolute atomic E-state index is 0.246. The summed E-state index contributed by atoms with van der Waals surface area (Å²) in [5.41, 5.74) is 0. The second kappa shape index (κ2) is 10.2. The second-order valence-electron chi connectivity index (χ2n) is 5.09. The van der Waals surface area contributed by atoms with Crippen molar-refractivity contribution in [3.05, 3.63) is 0 Å². The summed E-state index contributed by atoms with van der Waals surface area (Å²) in [7, 11) is 0. The molecule has 1 aliphatic heterocycles. The van der Waals surface area contributed by atoms with Crippen LogP contribution in [0, 0.1) is 0 Å². The van der Waals surface area contributed by atoms with E-state index < -0.39 is 0 Å². The molecule has 4 nitrogen and oxygen atoms in total. The van der Waals surface area contributed by atoms with Crippen LogP contribution in [0.4, 0.5) is 4.79 Å². The number of rotatable bonds is 8. The molecule has 18 heavy (non-hydrogen) atoms. The number of alkyl carbamates (subject to hydrolysis) is 1. The second-order valence-corrected chi connectivity index (χ2v) is 5.09. The first-order valence-electron chi connectivity index (χ1n) is 7.47.